The fourth-order valence-electron chi connectivity index (χ4n) is 2.11. The summed E-state index contributed by atoms with van der Waals surface area (Å²) in [5.74, 6) is -0.446. The summed E-state index contributed by atoms with van der Waals surface area (Å²) in [5, 5.41) is 1.31. The van der Waals surface area contributed by atoms with Crippen LogP contribution in [-0.2, 0) is 16.0 Å². The lowest BCUT2D eigenvalue weighted by Gasteiger charge is -2.08. The third-order valence-electron chi connectivity index (χ3n) is 3.22. The van der Waals surface area contributed by atoms with Gasteiger partial charge in [0, 0.05) is 24.7 Å². The Morgan fingerprint density at radius 2 is 2.05 bits per heavy atom. The van der Waals surface area contributed by atoms with E-state index >= 15 is 0 Å². The van der Waals surface area contributed by atoms with Crippen LogP contribution < -0.4 is 5.56 Å². The van der Waals surface area contributed by atoms with Gasteiger partial charge in [0.2, 0.25) is 0 Å². The molecule has 5 heteroatoms. The Morgan fingerprint density at radius 3 is 2.76 bits per heavy atom. The average Bonchev–Trinajstić information content (AvgIpc) is 2.52. The monoisotopic (exact) mass is 289 g/mol. The third kappa shape index (κ3) is 3.49. The van der Waals surface area contributed by atoms with E-state index in [2.05, 4.69) is 4.74 Å². The molecule has 21 heavy (non-hydrogen) atoms. The quantitative estimate of drug-likeness (QED) is 0.604. The van der Waals surface area contributed by atoms with Gasteiger partial charge in [-0.3, -0.25) is 4.79 Å². The maximum absolute atomic E-state index is 12.4. The number of carbonyl (C=O) groups is 1. The van der Waals surface area contributed by atoms with E-state index < -0.39 is 5.97 Å². The maximum Gasteiger partial charge on any atom is 0.337 e. The zero-order valence-electron chi connectivity index (χ0n) is 12.3. The van der Waals surface area contributed by atoms with Gasteiger partial charge in [-0.2, -0.15) is 0 Å². The number of hydrogen-bond acceptors (Lipinski definition) is 4. The van der Waals surface area contributed by atoms with E-state index in [4.69, 9.17) is 4.74 Å². The predicted octanol–water partition coefficient (Wildman–Crippen LogP) is 2.21. The summed E-state index contributed by atoms with van der Waals surface area (Å²) in [4.78, 5) is 24.0. The number of rotatable bonds is 6. The van der Waals surface area contributed by atoms with Gasteiger partial charge in [-0.05, 0) is 30.0 Å². The first kappa shape index (κ1) is 15.3. The van der Waals surface area contributed by atoms with Crippen LogP contribution in [0.25, 0.3) is 10.8 Å². The average molecular weight is 289 g/mol. The number of nitrogens with zero attached hydrogens (tertiary/aromatic N) is 1. The number of pyridine rings is 1. The Bertz CT molecular complexity index is 690. The lowest BCUT2D eigenvalue weighted by molar-refractivity contribution is 0.0601. The molecule has 0 amide bonds. The van der Waals surface area contributed by atoms with Crippen LogP contribution in [0.1, 0.15) is 23.7 Å². The highest BCUT2D eigenvalue weighted by Gasteiger charge is 2.09. The number of aromatic nitrogens is 1. The van der Waals surface area contributed by atoms with Crippen molar-refractivity contribution in [2.45, 2.75) is 19.9 Å². The van der Waals surface area contributed by atoms with E-state index in [1.54, 1.807) is 29.0 Å². The molecule has 1 aromatic carbocycles. The smallest absolute Gasteiger partial charge is 0.337 e. The van der Waals surface area contributed by atoms with Gasteiger partial charge < -0.3 is 14.0 Å². The molecule has 0 saturated heterocycles. The van der Waals surface area contributed by atoms with E-state index in [9.17, 15) is 9.59 Å². The molecule has 112 valence electrons. The van der Waals surface area contributed by atoms with Gasteiger partial charge >= 0.3 is 5.97 Å². The summed E-state index contributed by atoms with van der Waals surface area (Å²) in [6.45, 7) is 3.72. The summed E-state index contributed by atoms with van der Waals surface area (Å²) in [6.07, 6.45) is 2.70. The van der Waals surface area contributed by atoms with Gasteiger partial charge in [0.15, 0.2) is 0 Å². The van der Waals surface area contributed by atoms with E-state index in [0.29, 0.717) is 30.7 Å². The minimum absolute atomic E-state index is 0.127. The zero-order valence-corrected chi connectivity index (χ0v) is 12.3. The van der Waals surface area contributed by atoms with E-state index in [1.807, 2.05) is 13.0 Å². The lowest BCUT2D eigenvalue weighted by atomic mass is 10.1. The number of carbonyl (C=O) groups excluding carboxylic acids is 1. The molecule has 0 aliphatic carbocycles. The molecule has 0 N–H and O–H groups in total. The highest BCUT2D eigenvalue weighted by molar-refractivity contribution is 5.95. The first-order chi connectivity index (χ1) is 10.2. The van der Waals surface area contributed by atoms with Gasteiger partial charge in [0.25, 0.3) is 5.56 Å². The first-order valence-corrected chi connectivity index (χ1v) is 6.96. The molecule has 2 rings (SSSR count). The number of ether oxygens (including phenoxy) is 2. The number of methoxy groups -OCH3 is 1. The van der Waals surface area contributed by atoms with Crippen molar-refractivity contribution < 1.29 is 14.3 Å². The van der Waals surface area contributed by atoms with Crippen molar-refractivity contribution in [1.82, 2.24) is 4.57 Å². The van der Waals surface area contributed by atoms with Crippen LogP contribution in [0, 0.1) is 0 Å². The number of hydrogen-bond donors (Lipinski definition) is 0. The minimum Gasteiger partial charge on any atom is -0.465 e. The molecular weight excluding hydrogens is 270 g/mol. The standard InChI is InChI=1S/C16H19NO4/c1-3-9-21-10-8-17-7-6-12-4-5-13(16(19)20-2)11-14(12)15(17)18/h4-7,11H,3,8-10H2,1-2H3. The van der Waals surface area contributed by atoms with Gasteiger partial charge in [0.1, 0.15) is 0 Å². The topological polar surface area (TPSA) is 57.5 Å². The van der Waals surface area contributed by atoms with Crippen molar-refractivity contribution in [1.29, 1.82) is 0 Å². The van der Waals surface area contributed by atoms with Crippen molar-refractivity contribution in [3.63, 3.8) is 0 Å². The van der Waals surface area contributed by atoms with Crippen molar-refractivity contribution >= 4 is 16.7 Å². The van der Waals surface area contributed by atoms with Crippen molar-refractivity contribution in [3.05, 3.63) is 46.4 Å². The highest BCUT2D eigenvalue weighted by Crippen LogP contribution is 2.13. The molecule has 2 aromatic rings. The summed E-state index contributed by atoms with van der Waals surface area (Å²) in [5.41, 5.74) is 0.250. The molecule has 0 atom stereocenters. The Kier molecular flexibility index (Phi) is 5.11. The van der Waals surface area contributed by atoms with Gasteiger partial charge in [-0.15, -0.1) is 0 Å². The fraction of sp³-hybridized carbons (Fsp3) is 0.375. The number of benzene rings is 1. The van der Waals surface area contributed by atoms with E-state index in [0.717, 1.165) is 11.8 Å². The van der Waals surface area contributed by atoms with Crippen LogP contribution >= 0.6 is 0 Å². The Balaban J connectivity index is 2.31. The molecule has 0 spiro atoms. The second-order valence-corrected chi connectivity index (χ2v) is 4.72. The predicted molar refractivity (Wildman–Crippen MR) is 80.7 cm³/mol. The molecule has 1 heterocycles. The summed E-state index contributed by atoms with van der Waals surface area (Å²) in [6, 6.07) is 6.84. The molecular formula is C16H19NO4. The van der Waals surface area contributed by atoms with E-state index in [1.165, 1.54) is 7.11 Å². The van der Waals surface area contributed by atoms with Crippen LogP contribution in [0.2, 0.25) is 0 Å². The largest absolute Gasteiger partial charge is 0.465 e. The summed E-state index contributed by atoms with van der Waals surface area (Å²) in [7, 11) is 1.32. The molecule has 1 aromatic heterocycles. The number of fused-ring (bicyclic) bond motifs is 1. The summed E-state index contributed by atoms with van der Waals surface area (Å²) < 4.78 is 11.7. The normalized spacial score (nSPS) is 10.8. The fourth-order valence-corrected chi connectivity index (χ4v) is 2.11. The van der Waals surface area contributed by atoms with Gasteiger partial charge in [-0.1, -0.05) is 13.0 Å². The third-order valence-corrected chi connectivity index (χ3v) is 3.22. The SMILES string of the molecule is CCCOCCn1ccc2ccc(C(=O)OC)cc2c1=O. The van der Waals surface area contributed by atoms with Crippen molar-refractivity contribution in [2.75, 3.05) is 20.3 Å². The van der Waals surface area contributed by atoms with Crippen LogP contribution in [0.3, 0.4) is 0 Å². The molecule has 0 bridgehead atoms. The summed E-state index contributed by atoms with van der Waals surface area (Å²) >= 11 is 0. The van der Waals surface area contributed by atoms with Crippen LogP contribution in [0.15, 0.2) is 35.3 Å². The van der Waals surface area contributed by atoms with Gasteiger partial charge in [-0.25, -0.2) is 4.79 Å². The van der Waals surface area contributed by atoms with Crippen LogP contribution in [-0.4, -0.2) is 30.9 Å². The Morgan fingerprint density at radius 1 is 1.24 bits per heavy atom. The highest BCUT2D eigenvalue weighted by atomic mass is 16.5. The maximum atomic E-state index is 12.4. The molecule has 0 aliphatic rings. The Labute approximate surface area is 123 Å². The number of esters is 1. The molecule has 0 unspecified atom stereocenters. The van der Waals surface area contributed by atoms with Crippen molar-refractivity contribution in [2.24, 2.45) is 0 Å². The first-order valence-electron chi connectivity index (χ1n) is 6.96. The zero-order chi connectivity index (χ0) is 15.2. The second kappa shape index (κ2) is 7.04. The molecule has 0 saturated carbocycles. The van der Waals surface area contributed by atoms with Crippen LogP contribution in [0.4, 0.5) is 0 Å². The minimum atomic E-state index is -0.446. The molecule has 0 fully saturated rings. The van der Waals surface area contributed by atoms with Crippen molar-refractivity contribution in [3.8, 4) is 0 Å². The molecule has 0 aliphatic heterocycles. The molecule has 0 radical (unpaired) electrons. The van der Waals surface area contributed by atoms with Gasteiger partial charge in [0.05, 0.1) is 19.3 Å². The Hall–Kier alpha value is -2.14. The lowest BCUT2D eigenvalue weighted by Crippen LogP contribution is -2.22. The molecule has 5 nitrogen and oxygen atoms in total. The second-order valence-electron chi connectivity index (χ2n) is 4.72. The van der Waals surface area contributed by atoms with Crippen LogP contribution in [0.5, 0.6) is 0 Å². The van der Waals surface area contributed by atoms with E-state index in [-0.39, 0.29) is 5.56 Å².